The van der Waals surface area contributed by atoms with Crippen molar-refractivity contribution >= 4 is 22.6 Å². The van der Waals surface area contributed by atoms with Crippen LogP contribution in [0, 0.1) is 11.6 Å². The lowest BCUT2D eigenvalue weighted by molar-refractivity contribution is 0.124. The molecule has 1 fully saturated rings. The topological polar surface area (TPSA) is 101 Å². The standard InChI is InChI=1S/C25H21F2N7O2/c26-20-11-22-18(2-1-7-28-22)24(27)19(20)10-17-13-29-23-4-3-21(31-34(17)23)15-12-30-33(14-15)16-5-8-32(9-6-16)25(35)36/h1-4,7,11-14,16H,5-6,8-10H2,(H,35,36). The Morgan fingerprint density at radius 1 is 1.11 bits per heavy atom. The Balaban J connectivity index is 1.29. The number of hydrogen-bond acceptors (Lipinski definition) is 5. The Bertz CT molecular complexity index is 1610. The Morgan fingerprint density at radius 3 is 2.75 bits per heavy atom. The molecule has 1 N–H and O–H groups in total. The van der Waals surface area contributed by atoms with Gasteiger partial charge in [-0.05, 0) is 37.1 Å². The molecule has 11 heteroatoms. The molecule has 1 aliphatic heterocycles. The summed E-state index contributed by atoms with van der Waals surface area (Å²) in [5, 5.41) is 18.6. The number of pyridine rings is 1. The Morgan fingerprint density at radius 2 is 1.94 bits per heavy atom. The SMILES string of the molecule is O=C(O)N1CCC(n2cc(-c3ccc4ncc(Cc5c(F)cc6ncccc6c5F)n4n3)cn2)CC1. The van der Waals surface area contributed by atoms with Crippen LogP contribution in [0.1, 0.15) is 30.1 Å². The van der Waals surface area contributed by atoms with Crippen LogP contribution >= 0.6 is 0 Å². The molecule has 36 heavy (non-hydrogen) atoms. The number of piperidine rings is 1. The molecule has 0 spiro atoms. The first kappa shape index (κ1) is 22.1. The van der Waals surface area contributed by atoms with Crippen molar-refractivity contribution in [1.82, 2.24) is 34.3 Å². The molecule has 0 atom stereocenters. The number of benzene rings is 1. The van der Waals surface area contributed by atoms with Gasteiger partial charge in [0.05, 0.1) is 35.3 Å². The predicted octanol–water partition coefficient (Wildman–Crippen LogP) is 4.32. The number of carbonyl (C=O) groups is 1. The van der Waals surface area contributed by atoms with E-state index in [-0.39, 0.29) is 28.9 Å². The molecule has 1 aromatic carbocycles. The number of fused-ring (bicyclic) bond motifs is 2. The van der Waals surface area contributed by atoms with Gasteiger partial charge in [0.2, 0.25) is 0 Å². The van der Waals surface area contributed by atoms with Crippen LogP contribution in [0.3, 0.4) is 0 Å². The highest BCUT2D eigenvalue weighted by Crippen LogP contribution is 2.27. The van der Waals surface area contributed by atoms with Crippen LogP contribution in [-0.4, -0.2) is 58.6 Å². The minimum atomic E-state index is -0.900. The first-order valence-electron chi connectivity index (χ1n) is 11.6. The molecule has 5 aromatic rings. The number of amides is 1. The third kappa shape index (κ3) is 3.82. The second-order valence-electron chi connectivity index (χ2n) is 8.85. The van der Waals surface area contributed by atoms with Crippen molar-refractivity contribution in [3.8, 4) is 11.3 Å². The number of nitrogens with zero attached hydrogens (tertiary/aromatic N) is 7. The monoisotopic (exact) mass is 489 g/mol. The Labute approximate surface area is 203 Å². The molecule has 1 aliphatic rings. The molecule has 182 valence electrons. The van der Waals surface area contributed by atoms with Gasteiger partial charge in [-0.15, -0.1) is 0 Å². The molecule has 1 amide bonds. The van der Waals surface area contributed by atoms with Crippen LogP contribution in [0.5, 0.6) is 0 Å². The quantitative estimate of drug-likeness (QED) is 0.403. The molecule has 4 aromatic heterocycles. The van der Waals surface area contributed by atoms with E-state index in [1.807, 2.05) is 16.9 Å². The van der Waals surface area contributed by atoms with Crippen molar-refractivity contribution in [2.24, 2.45) is 0 Å². The van der Waals surface area contributed by atoms with E-state index >= 15 is 4.39 Å². The summed E-state index contributed by atoms with van der Waals surface area (Å²) in [7, 11) is 0. The summed E-state index contributed by atoms with van der Waals surface area (Å²) in [6, 6.07) is 8.16. The van der Waals surface area contributed by atoms with E-state index in [0.29, 0.717) is 43.0 Å². The van der Waals surface area contributed by atoms with Gasteiger partial charge >= 0.3 is 6.09 Å². The second kappa shape index (κ2) is 8.67. The molecule has 0 radical (unpaired) electrons. The highest BCUT2D eigenvalue weighted by molar-refractivity contribution is 5.80. The van der Waals surface area contributed by atoms with Gasteiger partial charge in [-0.3, -0.25) is 9.67 Å². The Kier molecular flexibility index (Phi) is 5.32. The van der Waals surface area contributed by atoms with Gasteiger partial charge in [0.25, 0.3) is 0 Å². The third-order valence-corrected chi connectivity index (χ3v) is 6.69. The number of carboxylic acid groups (broad SMARTS) is 1. The molecular formula is C25H21F2N7O2. The minimum absolute atomic E-state index is 0.0263. The number of halogens is 2. The zero-order valence-corrected chi connectivity index (χ0v) is 19.1. The van der Waals surface area contributed by atoms with Gasteiger partial charge in [0.15, 0.2) is 5.65 Å². The van der Waals surface area contributed by atoms with E-state index in [1.165, 1.54) is 17.2 Å². The van der Waals surface area contributed by atoms with Gasteiger partial charge in [-0.2, -0.15) is 10.2 Å². The van der Waals surface area contributed by atoms with E-state index in [4.69, 9.17) is 5.11 Å². The van der Waals surface area contributed by atoms with Crippen molar-refractivity contribution in [3.05, 3.63) is 78.0 Å². The summed E-state index contributed by atoms with van der Waals surface area (Å²) < 4.78 is 33.4. The van der Waals surface area contributed by atoms with E-state index in [2.05, 4.69) is 20.2 Å². The molecule has 0 unspecified atom stereocenters. The number of imidazole rings is 1. The van der Waals surface area contributed by atoms with E-state index in [0.717, 1.165) is 5.56 Å². The number of likely N-dealkylation sites (tertiary alicyclic amines) is 1. The largest absolute Gasteiger partial charge is 0.465 e. The van der Waals surface area contributed by atoms with Gasteiger partial charge in [0, 0.05) is 54.5 Å². The average molecular weight is 489 g/mol. The van der Waals surface area contributed by atoms with Crippen molar-refractivity contribution in [2.75, 3.05) is 13.1 Å². The minimum Gasteiger partial charge on any atom is -0.465 e. The number of hydrogen-bond donors (Lipinski definition) is 1. The van der Waals surface area contributed by atoms with Crippen LogP contribution in [0.15, 0.2) is 55.1 Å². The maximum absolute atomic E-state index is 15.1. The first-order valence-corrected chi connectivity index (χ1v) is 11.6. The normalized spacial score (nSPS) is 14.7. The molecule has 0 aliphatic carbocycles. The van der Waals surface area contributed by atoms with Crippen LogP contribution in [0.2, 0.25) is 0 Å². The van der Waals surface area contributed by atoms with Gasteiger partial charge in [-0.1, -0.05) is 0 Å². The van der Waals surface area contributed by atoms with E-state index in [9.17, 15) is 9.18 Å². The summed E-state index contributed by atoms with van der Waals surface area (Å²) in [6.45, 7) is 0.936. The lowest BCUT2D eigenvalue weighted by Gasteiger charge is -2.29. The van der Waals surface area contributed by atoms with Crippen molar-refractivity contribution < 1.29 is 18.7 Å². The van der Waals surface area contributed by atoms with Crippen LogP contribution < -0.4 is 0 Å². The highest BCUT2D eigenvalue weighted by atomic mass is 19.1. The lowest BCUT2D eigenvalue weighted by atomic mass is 10.0. The highest BCUT2D eigenvalue weighted by Gasteiger charge is 2.24. The molecule has 6 rings (SSSR count). The second-order valence-corrected chi connectivity index (χ2v) is 8.85. The summed E-state index contributed by atoms with van der Waals surface area (Å²) in [4.78, 5) is 20.9. The molecule has 5 heterocycles. The number of aromatic nitrogens is 6. The van der Waals surface area contributed by atoms with Crippen molar-refractivity contribution in [3.63, 3.8) is 0 Å². The summed E-state index contributed by atoms with van der Waals surface area (Å²) in [5.41, 5.74) is 2.73. The van der Waals surface area contributed by atoms with Crippen molar-refractivity contribution in [2.45, 2.75) is 25.3 Å². The molecule has 1 saturated heterocycles. The predicted molar refractivity (Wildman–Crippen MR) is 127 cm³/mol. The lowest BCUT2D eigenvalue weighted by Crippen LogP contribution is -2.38. The fourth-order valence-electron chi connectivity index (χ4n) is 4.72. The van der Waals surface area contributed by atoms with Crippen LogP contribution in [0.25, 0.3) is 27.8 Å². The number of rotatable bonds is 4. The van der Waals surface area contributed by atoms with Gasteiger partial charge < -0.3 is 10.0 Å². The maximum atomic E-state index is 15.1. The molecule has 9 nitrogen and oxygen atoms in total. The fraction of sp³-hybridized carbons (Fsp3) is 0.240. The third-order valence-electron chi connectivity index (χ3n) is 6.69. The zero-order chi connectivity index (χ0) is 24.8. The van der Waals surface area contributed by atoms with Crippen LogP contribution in [-0.2, 0) is 6.42 Å². The molecular weight excluding hydrogens is 468 g/mol. The fourth-order valence-corrected chi connectivity index (χ4v) is 4.72. The smallest absolute Gasteiger partial charge is 0.407 e. The van der Waals surface area contributed by atoms with Gasteiger partial charge in [-0.25, -0.2) is 23.1 Å². The maximum Gasteiger partial charge on any atom is 0.407 e. The zero-order valence-electron chi connectivity index (χ0n) is 19.1. The van der Waals surface area contributed by atoms with Gasteiger partial charge in [0.1, 0.15) is 11.6 Å². The van der Waals surface area contributed by atoms with E-state index < -0.39 is 17.7 Å². The molecule has 0 bridgehead atoms. The Hall–Kier alpha value is -4.41. The van der Waals surface area contributed by atoms with Crippen LogP contribution in [0.4, 0.5) is 13.6 Å². The van der Waals surface area contributed by atoms with Crippen molar-refractivity contribution in [1.29, 1.82) is 0 Å². The molecule has 0 saturated carbocycles. The van der Waals surface area contributed by atoms with E-state index in [1.54, 1.807) is 35.1 Å². The summed E-state index contributed by atoms with van der Waals surface area (Å²) in [6.07, 6.45) is 7.11. The summed E-state index contributed by atoms with van der Waals surface area (Å²) in [5.74, 6) is -1.31. The summed E-state index contributed by atoms with van der Waals surface area (Å²) >= 11 is 0. The first-order chi connectivity index (χ1) is 17.5. The average Bonchev–Trinajstić information content (AvgIpc) is 3.54.